The second-order valence-corrected chi connectivity index (χ2v) is 6.89. The monoisotopic (exact) mass is 388 g/mol. The third-order valence-electron chi connectivity index (χ3n) is 5.05. The Kier molecular flexibility index (Phi) is 5.99. The van der Waals surface area contributed by atoms with E-state index in [1.165, 1.54) is 0 Å². The Labute approximate surface area is 163 Å². The van der Waals surface area contributed by atoms with Crippen LogP contribution in [0.15, 0.2) is 28.8 Å². The maximum atomic E-state index is 13.2. The number of benzene rings is 1. The lowest BCUT2D eigenvalue weighted by Gasteiger charge is -2.24. The quantitative estimate of drug-likeness (QED) is 0.778. The summed E-state index contributed by atoms with van der Waals surface area (Å²) in [6.45, 7) is 4.22. The summed E-state index contributed by atoms with van der Waals surface area (Å²) in [5.41, 5.74) is 1.97. The number of methoxy groups -OCH3 is 1. The van der Waals surface area contributed by atoms with Gasteiger partial charge in [-0.3, -0.25) is 9.59 Å². The topological polar surface area (TPSA) is 102 Å². The molecule has 3 rings (SSSR count). The van der Waals surface area contributed by atoms with Gasteiger partial charge in [-0.2, -0.15) is 0 Å². The van der Waals surface area contributed by atoms with E-state index in [9.17, 15) is 14.7 Å². The lowest BCUT2D eigenvalue weighted by Crippen LogP contribution is -2.37. The summed E-state index contributed by atoms with van der Waals surface area (Å²) in [4.78, 5) is 26.0. The predicted molar refractivity (Wildman–Crippen MR) is 99.2 cm³/mol. The molecule has 1 aromatic carbocycles. The standard InChI is InChI=1S/C20H24N2O6/c1-12-17(13(2)28-21-12)11-27-18-7-5-4-6-16(18)20(25)22-10-15(26-3)8-14(22)9-19(23)24/h4-7,14-15H,8-11H2,1-3H3,(H,23,24). The van der Waals surface area contributed by atoms with Crippen LogP contribution in [0.25, 0.3) is 0 Å². The smallest absolute Gasteiger partial charge is 0.305 e. The summed E-state index contributed by atoms with van der Waals surface area (Å²) in [5, 5.41) is 13.1. The van der Waals surface area contributed by atoms with E-state index in [0.29, 0.717) is 30.0 Å². The van der Waals surface area contributed by atoms with Gasteiger partial charge in [-0.05, 0) is 32.4 Å². The number of para-hydroxylation sites is 1. The van der Waals surface area contributed by atoms with Crippen LogP contribution in [0.2, 0.25) is 0 Å². The van der Waals surface area contributed by atoms with Crippen LogP contribution in [0.3, 0.4) is 0 Å². The molecule has 0 radical (unpaired) electrons. The Balaban J connectivity index is 1.80. The molecule has 0 spiro atoms. The van der Waals surface area contributed by atoms with Crippen molar-refractivity contribution in [1.29, 1.82) is 0 Å². The first-order chi connectivity index (χ1) is 13.4. The molecule has 28 heavy (non-hydrogen) atoms. The number of aliphatic carboxylic acids is 1. The lowest BCUT2D eigenvalue weighted by molar-refractivity contribution is -0.137. The van der Waals surface area contributed by atoms with Crippen molar-refractivity contribution < 1.29 is 28.7 Å². The van der Waals surface area contributed by atoms with Gasteiger partial charge in [-0.15, -0.1) is 0 Å². The zero-order valence-electron chi connectivity index (χ0n) is 16.2. The van der Waals surface area contributed by atoms with Gasteiger partial charge < -0.3 is 24.0 Å². The minimum atomic E-state index is -0.942. The maximum Gasteiger partial charge on any atom is 0.305 e. The first-order valence-corrected chi connectivity index (χ1v) is 9.09. The van der Waals surface area contributed by atoms with E-state index >= 15 is 0 Å². The molecule has 1 saturated heterocycles. The van der Waals surface area contributed by atoms with E-state index in [1.54, 1.807) is 43.2 Å². The number of ether oxygens (including phenoxy) is 2. The number of aryl methyl sites for hydroxylation is 2. The van der Waals surface area contributed by atoms with Crippen LogP contribution in [0, 0.1) is 13.8 Å². The largest absolute Gasteiger partial charge is 0.488 e. The SMILES string of the molecule is COC1CC(CC(=O)O)N(C(=O)c2ccccc2OCc2c(C)noc2C)C1. The third-order valence-corrected chi connectivity index (χ3v) is 5.05. The van der Waals surface area contributed by atoms with E-state index < -0.39 is 12.0 Å². The van der Waals surface area contributed by atoms with E-state index in [2.05, 4.69) is 5.16 Å². The number of carbonyl (C=O) groups excluding carboxylic acids is 1. The Morgan fingerprint density at radius 3 is 2.71 bits per heavy atom. The summed E-state index contributed by atoms with van der Waals surface area (Å²) in [7, 11) is 1.57. The van der Waals surface area contributed by atoms with E-state index in [1.807, 2.05) is 6.92 Å². The molecule has 150 valence electrons. The fourth-order valence-electron chi connectivity index (χ4n) is 3.47. The molecule has 0 saturated carbocycles. The van der Waals surface area contributed by atoms with Crippen molar-refractivity contribution in [2.24, 2.45) is 0 Å². The molecule has 1 fully saturated rings. The molecule has 2 heterocycles. The molecule has 2 aromatic rings. The van der Waals surface area contributed by atoms with Crippen LogP contribution in [-0.4, -0.2) is 52.8 Å². The third kappa shape index (κ3) is 4.17. The number of hydrogen-bond acceptors (Lipinski definition) is 6. The van der Waals surface area contributed by atoms with Crippen LogP contribution in [-0.2, 0) is 16.1 Å². The summed E-state index contributed by atoms with van der Waals surface area (Å²) in [5.74, 6) is -0.101. The van der Waals surface area contributed by atoms with E-state index in [0.717, 1.165) is 11.3 Å². The molecule has 1 N–H and O–H groups in total. The average Bonchev–Trinajstić information content (AvgIpc) is 3.22. The first-order valence-electron chi connectivity index (χ1n) is 9.09. The lowest BCUT2D eigenvalue weighted by atomic mass is 10.1. The van der Waals surface area contributed by atoms with Crippen LogP contribution in [0.1, 0.15) is 40.2 Å². The Morgan fingerprint density at radius 1 is 1.32 bits per heavy atom. The second kappa shape index (κ2) is 8.43. The first kappa shape index (κ1) is 19.9. The summed E-state index contributed by atoms with van der Waals surface area (Å²) < 4.78 is 16.4. The zero-order chi connectivity index (χ0) is 20.3. The highest BCUT2D eigenvalue weighted by molar-refractivity contribution is 5.97. The minimum absolute atomic E-state index is 0.117. The van der Waals surface area contributed by atoms with Crippen LogP contribution in [0.4, 0.5) is 0 Å². The molecule has 1 aliphatic rings. The van der Waals surface area contributed by atoms with Gasteiger partial charge in [0.15, 0.2) is 0 Å². The number of amides is 1. The molecule has 1 amide bonds. The van der Waals surface area contributed by atoms with Crippen molar-refractivity contribution in [2.75, 3.05) is 13.7 Å². The van der Waals surface area contributed by atoms with Crippen LogP contribution >= 0.6 is 0 Å². The molecule has 1 aromatic heterocycles. The van der Waals surface area contributed by atoms with Gasteiger partial charge in [0, 0.05) is 19.7 Å². The van der Waals surface area contributed by atoms with Crippen molar-refractivity contribution in [1.82, 2.24) is 10.1 Å². The van der Waals surface area contributed by atoms with Crippen molar-refractivity contribution in [3.63, 3.8) is 0 Å². The minimum Gasteiger partial charge on any atom is -0.488 e. The fraction of sp³-hybridized carbons (Fsp3) is 0.450. The number of likely N-dealkylation sites (tertiary alicyclic amines) is 1. The normalized spacial score (nSPS) is 19.0. The molecule has 0 bridgehead atoms. The van der Waals surface area contributed by atoms with Gasteiger partial charge in [0.05, 0.1) is 29.3 Å². The number of nitrogens with zero attached hydrogens (tertiary/aromatic N) is 2. The molecule has 0 aliphatic carbocycles. The Bertz CT molecular complexity index is 843. The number of carboxylic acid groups (broad SMARTS) is 1. The number of carbonyl (C=O) groups is 2. The molecule has 8 nitrogen and oxygen atoms in total. The van der Waals surface area contributed by atoms with Gasteiger partial charge in [-0.1, -0.05) is 17.3 Å². The maximum absolute atomic E-state index is 13.2. The van der Waals surface area contributed by atoms with Crippen LogP contribution in [0.5, 0.6) is 5.75 Å². The fourth-order valence-corrected chi connectivity index (χ4v) is 3.47. The number of aromatic nitrogens is 1. The van der Waals surface area contributed by atoms with E-state index in [-0.39, 0.29) is 25.0 Å². The summed E-state index contributed by atoms with van der Waals surface area (Å²) >= 11 is 0. The predicted octanol–water partition coefficient (Wildman–Crippen LogP) is 2.57. The van der Waals surface area contributed by atoms with Crippen molar-refractivity contribution in [2.45, 2.75) is 45.4 Å². The Hall–Kier alpha value is -2.87. The zero-order valence-corrected chi connectivity index (χ0v) is 16.2. The molecule has 8 heteroatoms. The van der Waals surface area contributed by atoms with Gasteiger partial charge in [-0.25, -0.2) is 0 Å². The highest BCUT2D eigenvalue weighted by Crippen LogP contribution is 2.28. The van der Waals surface area contributed by atoms with Crippen LogP contribution < -0.4 is 4.74 Å². The van der Waals surface area contributed by atoms with E-state index in [4.69, 9.17) is 14.0 Å². The second-order valence-electron chi connectivity index (χ2n) is 6.89. The van der Waals surface area contributed by atoms with Crippen molar-refractivity contribution in [3.05, 3.63) is 46.8 Å². The number of carboxylic acids is 1. The molecule has 2 atom stereocenters. The number of hydrogen-bond donors (Lipinski definition) is 1. The highest BCUT2D eigenvalue weighted by atomic mass is 16.5. The summed E-state index contributed by atoms with van der Waals surface area (Å²) in [6.07, 6.45) is 0.202. The molecular weight excluding hydrogens is 364 g/mol. The Morgan fingerprint density at radius 2 is 2.07 bits per heavy atom. The summed E-state index contributed by atoms with van der Waals surface area (Å²) in [6, 6.07) is 6.54. The highest BCUT2D eigenvalue weighted by Gasteiger charge is 2.37. The van der Waals surface area contributed by atoms with Gasteiger partial charge >= 0.3 is 5.97 Å². The van der Waals surface area contributed by atoms with Gasteiger partial charge in [0.1, 0.15) is 18.1 Å². The molecule has 2 unspecified atom stereocenters. The van der Waals surface area contributed by atoms with Crippen molar-refractivity contribution in [3.8, 4) is 5.75 Å². The van der Waals surface area contributed by atoms with Gasteiger partial charge in [0.2, 0.25) is 0 Å². The van der Waals surface area contributed by atoms with Crippen molar-refractivity contribution >= 4 is 11.9 Å². The van der Waals surface area contributed by atoms with Gasteiger partial charge in [0.25, 0.3) is 5.91 Å². The molecule has 1 aliphatic heterocycles. The number of rotatable bonds is 7. The molecular formula is C20H24N2O6. The average molecular weight is 388 g/mol.